The van der Waals surface area contributed by atoms with E-state index >= 15 is 0 Å². The number of β-lactam (4-membered cyclic amide) rings is 1. The van der Waals surface area contributed by atoms with Gasteiger partial charge in [-0.2, -0.15) is 4.58 Å². The molecule has 0 saturated carbocycles. The first-order chi connectivity index (χ1) is 26.6. The third kappa shape index (κ3) is 6.92. The van der Waals surface area contributed by atoms with Crippen molar-refractivity contribution in [1.82, 2.24) is 10.2 Å². The Morgan fingerprint density at radius 1 is 1.07 bits per heavy atom. The summed E-state index contributed by atoms with van der Waals surface area (Å²) < 4.78 is 15.3. The summed E-state index contributed by atoms with van der Waals surface area (Å²) in [5.41, 5.74) is 8.58. The molecule has 1 fully saturated rings. The van der Waals surface area contributed by atoms with Crippen LogP contribution in [0.4, 0.5) is 5.69 Å². The molecule has 1 unspecified atom stereocenters. The standard InChI is InChI=1S/C45H45N3O6S/c1-4-23-47-35-16-9-8-15-34(35)45(2,3)37(47)21-19-29-13-10-14-31-24-30-18-20-33(25-36(30)54-41(29)31)53-26-32-27-55-43-39(42(50)48(43)40(32)44(51)52)46-38(49)22-17-28-11-6-5-7-12-28/h5-9,11-12,15-16,18-21,24-25,39,43H,4,10,13-14,17,22-23,26-27H2,1-3H3,(H-,46,49,51,52)/p+1/b21-19+/t39?,43-/m1/s1. The molecule has 4 heterocycles. The van der Waals surface area contributed by atoms with Crippen LogP contribution in [0, 0.1) is 0 Å². The largest absolute Gasteiger partial charge is 0.489 e. The van der Waals surface area contributed by atoms with Gasteiger partial charge in [0.1, 0.15) is 47.5 Å². The highest BCUT2D eigenvalue weighted by atomic mass is 32.2. The quantitative estimate of drug-likeness (QED) is 0.144. The summed E-state index contributed by atoms with van der Waals surface area (Å²) in [6.07, 6.45) is 11.5. The summed E-state index contributed by atoms with van der Waals surface area (Å²) in [5.74, 6) is 0.639. The Morgan fingerprint density at radius 3 is 2.67 bits per heavy atom. The van der Waals surface area contributed by atoms with Gasteiger partial charge in [0.25, 0.3) is 5.91 Å². The van der Waals surface area contributed by atoms with Gasteiger partial charge in [0.15, 0.2) is 5.71 Å². The number of carboxylic acids is 1. The fourth-order valence-corrected chi connectivity index (χ4v) is 9.67. The number of amides is 2. The predicted molar refractivity (Wildman–Crippen MR) is 215 cm³/mol. The molecule has 5 aliphatic rings. The normalized spacial score (nSPS) is 21.0. The summed E-state index contributed by atoms with van der Waals surface area (Å²) in [4.78, 5) is 39.7. The number of hydrogen-bond acceptors (Lipinski definition) is 6. The van der Waals surface area contributed by atoms with Gasteiger partial charge in [-0.25, -0.2) is 4.79 Å². The Bertz CT molecular complexity index is 2230. The summed E-state index contributed by atoms with van der Waals surface area (Å²) in [7, 11) is 0. The van der Waals surface area contributed by atoms with Crippen molar-refractivity contribution in [2.24, 2.45) is 0 Å². The molecule has 0 spiro atoms. The van der Waals surface area contributed by atoms with E-state index in [-0.39, 0.29) is 30.0 Å². The van der Waals surface area contributed by atoms with E-state index < -0.39 is 23.3 Å². The number of nitrogens with one attached hydrogen (secondary N) is 1. The molecule has 55 heavy (non-hydrogen) atoms. The topological polar surface area (TPSA) is 108 Å². The van der Waals surface area contributed by atoms with Gasteiger partial charge >= 0.3 is 5.97 Å². The number of fused-ring (bicyclic) bond motifs is 4. The van der Waals surface area contributed by atoms with Crippen molar-refractivity contribution in [1.29, 1.82) is 0 Å². The molecule has 1 saturated heterocycles. The minimum absolute atomic E-state index is 0.000834. The van der Waals surface area contributed by atoms with Crippen LogP contribution in [0.2, 0.25) is 0 Å². The van der Waals surface area contributed by atoms with Crippen LogP contribution >= 0.6 is 11.8 Å². The lowest BCUT2D eigenvalue weighted by Gasteiger charge is -2.49. The smallest absolute Gasteiger partial charge is 0.352 e. The van der Waals surface area contributed by atoms with E-state index in [1.54, 1.807) is 0 Å². The Morgan fingerprint density at radius 2 is 1.87 bits per heavy atom. The number of allylic oxidation sites excluding steroid dienone is 4. The molecular formula is C45H46N3O6S+. The van der Waals surface area contributed by atoms with E-state index in [4.69, 9.17) is 9.47 Å². The van der Waals surface area contributed by atoms with Crippen LogP contribution in [-0.2, 0) is 26.2 Å². The van der Waals surface area contributed by atoms with Crippen molar-refractivity contribution in [2.45, 2.75) is 76.1 Å². The third-order valence-corrected chi connectivity index (χ3v) is 12.5. The summed E-state index contributed by atoms with van der Waals surface area (Å²) in [6, 6.07) is 23.3. The second-order valence-corrected chi connectivity index (χ2v) is 16.3. The number of aliphatic carboxylic acids is 1. The minimum atomic E-state index is -1.19. The molecule has 2 N–H and O–H groups in total. The second kappa shape index (κ2) is 15.1. The molecular weight excluding hydrogens is 711 g/mol. The van der Waals surface area contributed by atoms with Gasteiger partial charge in [-0.3, -0.25) is 14.5 Å². The fourth-order valence-electron chi connectivity index (χ4n) is 8.34. The van der Waals surface area contributed by atoms with Gasteiger partial charge in [-0.15, -0.1) is 11.8 Å². The molecule has 0 radical (unpaired) electrons. The number of ether oxygens (including phenoxy) is 2. The van der Waals surface area contributed by atoms with Crippen LogP contribution in [0.3, 0.4) is 0 Å². The highest BCUT2D eigenvalue weighted by Gasteiger charge is 2.54. The maximum Gasteiger partial charge on any atom is 0.352 e. The highest BCUT2D eigenvalue weighted by molar-refractivity contribution is 8.00. The van der Waals surface area contributed by atoms with Gasteiger partial charge in [0.05, 0.1) is 5.41 Å². The molecule has 2 amide bonds. The van der Waals surface area contributed by atoms with Gasteiger partial charge in [-0.1, -0.05) is 55.5 Å². The summed E-state index contributed by atoms with van der Waals surface area (Å²) in [5, 5.41) is 12.6. The first-order valence-corrected chi connectivity index (χ1v) is 20.2. The van der Waals surface area contributed by atoms with Crippen molar-refractivity contribution in [3.63, 3.8) is 0 Å². The summed E-state index contributed by atoms with van der Waals surface area (Å²) in [6.45, 7) is 7.77. The number of carbonyl (C=O) groups excluding carboxylic acids is 2. The number of para-hydroxylation sites is 1. The lowest BCUT2D eigenvalue weighted by molar-refractivity contribution is -0.437. The minimum Gasteiger partial charge on any atom is -0.489 e. The number of hydrogen-bond donors (Lipinski definition) is 2. The zero-order chi connectivity index (χ0) is 38.3. The summed E-state index contributed by atoms with van der Waals surface area (Å²) >= 11 is 1.43. The van der Waals surface area contributed by atoms with E-state index in [0.717, 1.165) is 49.1 Å². The number of thioether (sulfide) groups is 1. The first kappa shape index (κ1) is 36.6. The van der Waals surface area contributed by atoms with Gasteiger partial charge in [-0.05, 0) is 80.5 Å². The molecule has 0 aromatic heterocycles. The van der Waals surface area contributed by atoms with E-state index in [9.17, 15) is 19.5 Å². The molecule has 0 bridgehead atoms. The molecule has 10 heteroatoms. The van der Waals surface area contributed by atoms with E-state index in [1.807, 2.05) is 48.5 Å². The van der Waals surface area contributed by atoms with Crippen LogP contribution in [0.25, 0.3) is 6.08 Å². The molecule has 3 aromatic rings. The number of carbonyl (C=O) groups is 3. The maximum atomic E-state index is 13.2. The Hall–Kier alpha value is -5.35. The highest BCUT2D eigenvalue weighted by Crippen LogP contribution is 2.44. The number of carboxylic acid groups (broad SMARTS) is 1. The Balaban J connectivity index is 0.962. The lowest BCUT2D eigenvalue weighted by Crippen LogP contribution is -2.70. The van der Waals surface area contributed by atoms with E-state index in [2.05, 4.69) is 73.2 Å². The lowest BCUT2D eigenvalue weighted by atomic mass is 9.81. The molecule has 3 aromatic carbocycles. The van der Waals surface area contributed by atoms with Gasteiger partial charge < -0.3 is 19.9 Å². The molecule has 4 aliphatic heterocycles. The van der Waals surface area contributed by atoms with Crippen molar-refractivity contribution >= 4 is 47.0 Å². The van der Waals surface area contributed by atoms with Crippen molar-refractivity contribution in [3.05, 3.63) is 130 Å². The third-order valence-electron chi connectivity index (χ3n) is 11.2. The van der Waals surface area contributed by atoms with Crippen LogP contribution in [0.15, 0.2) is 113 Å². The predicted octanol–water partition coefficient (Wildman–Crippen LogP) is 7.69. The van der Waals surface area contributed by atoms with Crippen molar-refractivity contribution in [3.8, 4) is 11.5 Å². The molecule has 282 valence electrons. The fraction of sp³-hybridized carbons (Fsp3) is 0.333. The average molecular weight is 757 g/mol. The second-order valence-electron chi connectivity index (χ2n) is 15.2. The maximum absolute atomic E-state index is 13.2. The number of aryl methyl sites for hydroxylation is 1. The Kier molecular flexibility index (Phi) is 10.0. The molecule has 8 rings (SSSR count). The molecule has 1 aliphatic carbocycles. The number of rotatable bonds is 12. The number of benzene rings is 3. The van der Waals surface area contributed by atoms with Crippen LogP contribution in [-0.4, -0.2) is 68.4 Å². The van der Waals surface area contributed by atoms with E-state index in [1.165, 1.54) is 44.8 Å². The zero-order valence-corrected chi connectivity index (χ0v) is 32.3. The Labute approximate surface area is 326 Å². The van der Waals surface area contributed by atoms with Crippen LogP contribution in [0.1, 0.15) is 69.6 Å². The van der Waals surface area contributed by atoms with Crippen molar-refractivity contribution in [2.75, 3.05) is 18.9 Å². The van der Waals surface area contributed by atoms with Gasteiger partial charge in [0, 0.05) is 53.5 Å². The van der Waals surface area contributed by atoms with Crippen LogP contribution in [0.5, 0.6) is 11.5 Å². The van der Waals surface area contributed by atoms with Gasteiger partial charge in [0.2, 0.25) is 11.6 Å². The van der Waals surface area contributed by atoms with E-state index in [0.29, 0.717) is 29.2 Å². The van der Waals surface area contributed by atoms with Crippen molar-refractivity contribution < 1.29 is 33.5 Å². The monoisotopic (exact) mass is 756 g/mol. The zero-order valence-electron chi connectivity index (χ0n) is 31.5. The first-order valence-electron chi connectivity index (χ1n) is 19.2. The SMILES string of the molecule is CCC[N+]1=C(/C=C/C2=C3Oc4cc(OCC5=C(C(=O)O)N6C(=O)C(NC(=O)CCc7ccccc7)[C@H]6SC5)ccc4C=C3CCC2)C(C)(C)c2ccccc21. The number of nitrogens with zero attached hydrogens (tertiary/aromatic N) is 2. The average Bonchev–Trinajstić information content (AvgIpc) is 3.41. The van der Waals surface area contributed by atoms with Crippen LogP contribution < -0.4 is 14.8 Å². The molecule has 2 atom stereocenters. The molecule has 9 nitrogen and oxygen atoms in total.